The zero-order valence-corrected chi connectivity index (χ0v) is 19.7. The third-order valence-corrected chi connectivity index (χ3v) is 7.63. The molecule has 3 aromatic heterocycles. The summed E-state index contributed by atoms with van der Waals surface area (Å²) in [6.45, 7) is 1.48. The second-order valence-electron chi connectivity index (χ2n) is 9.75. The van der Waals surface area contributed by atoms with E-state index in [4.69, 9.17) is 14.5 Å². The molecule has 192 valence electrons. The van der Waals surface area contributed by atoms with Gasteiger partial charge >= 0.3 is 5.97 Å². The Balaban J connectivity index is 1.45. The normalized spacial score (nSPS) is 31.4. The van der Waals surface area contributed by atoms with Crippen LogP contribution >= 0.6 is 0 Å². The third kappa shape index (κ3) is 3.74. The molecule has 0 spiro atoms. The van der Waals surface area contributed by atoms with E-state index in [9.17, 15) is 20.1 Å². The zero-order valence-electron chi connectivity index (χ0n) is 19.7. The van der Waals surface area contributed by atoms with Crippen LogP contribution in [0.3, 0.4) is 0 Å². The van der Waals surface area contributed by atoms with Crippen molar-refractivity contribution >= 4 is 23.0 Å². The number of aliphatic hydroxyl groups excluding tert-OH is 3. The van der Waals surface area contributed by atoms with Gasteiger partial charge in [0.15, 0.2) is 29.0 Å². The summed E-state index contributed by atoms with van der Waals surface area (Å²) in [7, 11) is 0. The van der Waals surface area contributed by atoms with Gasteiger partial charge in [-0.05, 0) is 38.0 Å². The number of aliphatic hydroxyl groups is 3. The van der Waals surface area contributed by atoms with Gasteiger partial charge in [0.1, 0.15) is 29.6 Å². The lowest BCUT2D eigenvalue weighted by Crippen LogP contribution is -2.33. The first-order valence-electron chi connectivity index (χ1n) is 12.3. The number of ether oxygens (including phenoxy) is 2. The van der Waals surface area contributed by atoms with Crippen molar-refractivity contribution in [2.75, 3.05) is 18.5 Å². The Bertz CT molecular complexity index is 1280. The van der Waals surface area contributed by atoms with Gasteiger partial charge in [-0.2, -0.15) is 5.10 Å². The molecule has 4 unspecified atom stereocenters. The summed E-state index contributed by atoms with van der Waals surface area (Å²) in [5.74, 6) is 1.42. The minimum absolute atomic E-state index is 0.195. The van der Waals surface area contributed by atoms with Crippen molar-refractivity contribution in [3.63, 3.8) is 0 Å². The van der Waals surface area contributed by atoms with Gasteiger partial charge in [0.05, 0.1) is 25.7 Å². The van der Waals surface area contributed by atoms with Gasteiger partial charge < -0.3 is 30.1 Å². The van der Waals surface area contributed by atoms with Gasteiger partial charge in [-0.15, -0.1) is 0 Å². The number of aromatic amines is 1. The number of anilines is 1. The highest BCUT2D eigenvalue weighted by molar-refractivity contribution is 5.96. The quantitative estimate of drug-likeness (QED) is 0.287. The average Bonchev–Trinajstić information content (AvgIpc) is 3.69. The van der Waals surface area contributed by atoms with E-state index in [1.807, 2.05) is 0 Å². The highest BCUT2D eigenvalue weighted by atomic mass is 16.6. The number of hydrogen-bond acceptors (Lipinski definition) is 11. The Morgan fingerprint density at radius 3 is 2.83 bits per heavy atom. The van der Waals surface area contributed by atoms with Crippen LogP contribution in [0.4, 0.5) is 5.82 Å². The number of fused-ring (bicyclic) bond motifs is 3. The molecule has 2 bridgehead atoms. The summed E-state index contributed by atoms with van der Waals surface area (Å²) < 4.78 is 12.4. The molecule has 5 N–H and O–H groups in total. The van der Waals surface area contributed by atoms with Crippen molar-refractivity contribution < 1.29 is 29.6 Å². The first-order chi connectivity index (χ1) is 17.5. The number of nitrogens with one attached hydrogen (secondary N) is 2. The van der Waals surface area contributed by atoms with Crippen molar-refractivity contribution in [2.24, 2.45) is 11.8 Å². The molecule has 13 heteroatoms. The number of esters is 1. The fourth-order valence-corrected chi connectivity index (χ4v) is 5.84. The molecule has 3 fully saturated rings. The number of carbonyl (C=O) groups excluding carboxylic acids is 1. The number of carbonyl (C=O) groups is 1. The Kier molecular flexibility index (Phi) is 5.86. The molecule has 0 radical (unpaired) electrons. The Labute approximate surface area is 205 Å². The first kappa shape index (κ1) is 23.3. The van der Waals surface area contributed by atoms with Crippen LogP contribution in [-0.2, 0) is 9.47 Å². The SMILES string of the molecule is CCOC(=O)c1cn[nH]c1-c1nc(NC2CC3CCC2C3)c2ncn(C3O[C@H](CO)[C@@H](O)[C@H]3O)c2n1. The van der Waals surface area contributed by atoms with Crippen LogP contribution in [0.25, 0.3) is 22.7 Å². The molecule has 13 nitrogen and oxygen atoms in total. The number of nitrogens with zero attached hydrogens (tertiary/aromatic N) is 5. The van der Waals surface area contributed by atoms with E-state index in [2.05, 4.69) is 25.5 Å². The predicted octanol–water partition coefficient (Wildman–Crippen LogP) is 0.605. The second kappa shape index (κ2) is 9.07. The van der Waals surface area contributed by atoms with Gasteiger partial charge in [0, 0.05) is 6.04 Å². The van der Waals surface area contributed by atoms with E-state index >= 15 is 0 Å². The molecule has 2 saturated carbocycles. The minimum atomic E-state index is -1.30. The number of imidazole rings is 1. The van der Waals surface area contributed by atoms with Crippen LogP contribution in [0.5, 0.6) is 0 Å². The van der Waals surface area contributed by atoms with Gasteiger partial charge in [-0.1, -0.05) is 6.42 Å². The van der Waals surface area contributed by atoms with Crippen molar-refractivity contribution in [2.45, 2.75) is 63.2 Å². The molecule has 6 rings (SSSR count). The number of H-pyrrole nitrogens is 1. The Hall–Kier alpha value is -3.13. The number of rotatable bonds is 7. The van der Waals surface area contributed by atoms with Crippen LogP contribution in [0.1, 0.15) is 49.2 Å². The van der Waals surface area contributed by atoms with E-state index in [0.717, 1.165) is 6.42 Å². The van der Waals surface area contributed by atoms with E-state index in [1.165, 1.54) is 36.4 Å². The van der Waals surface area contributed by atoms with Gasteiger partial charge in [0.2, 0.25) is 0 Å². The summed E-state index contributed by atoms with van der Waals surface area (Å²) in [5.41, 5.74) is 1.29. The van der Waals surface area contributed by atoms with E-state index in [0.29, 0.717) is 34.5 Å². The second-order valence-corrected chi connectivity index (χ2v) is 9.75. The third-order valence-electron chi connectivity index (χ3n) is 7.63. The topological polar surface area (TPSA) is 181 Å². The standard InChI is InChI=1S/C23H29N7O6/c1-2-35-23(34)12-7-25-29-15(12)19-27-20(26-13-6-10-3-4-11(13)5-10)16-21(28-19)30(9-24-16)22-18(33)17(32)14(8-31)36-22/h7,9-11,13-14,17-18,22,31-33H,2-6,8H2,1H3,(H,25,29)(H,26,27,28)/t10?,11?,13?,14-,17-,18-,22?/m1/s1. The molecule has 4 heterocycles. The fourth-order valence-electron chi connectivity index (χ4n) is 5.84. The average molecular weight is 500 g/mol. The number of hydrogen-bond donors (Lipinski definition) is 5. The molecule has 7 atom stereocenters. The van der Waals surface area contributed by atoms with Crippen LogP contribution in [0.15, 0.2) is 12.5 Å². The van der Waals surface area contributed by atoms with Gasteiger partial charge in [-0.3, -0.25) is 9.67 Å². The molecule has 0 amide bonds. The van der Waals surface area contributed by atoms with E-state index in [1.54, 1.807) is 6.92 Å². The maximum absolute atomic E-state index is 12.5. The maximum atomic E-state index is 12.5. The summed E-state index contributed by atoms with van der Waals surface area (Å²) >= 11 is 0. The number of aromatic nitrogens is 6. The molecule has 1 aliphatic heterocycles. The van der Waals surface area contributed by atoms with Gasteiger partial charge in [-0.25, -0.2) is 19.7 Å². The van der Waals surface area contributed by atoms with Crippen molar-refractivity contribution in [3.05, 3.63) is 18.1 Å². The lowest BCUT2D eigenvalue weighted by Gasteiger charge is -2.24. The van der Waals surface area contributed by atoms with Crippen LogP contribution in [0.2, 0.25) is 0 Å². The highest BCUT2D eigenvalue weighted by Gasteiger charge is 2.44. The summed E-state index contributed by atoms with van der Waals surface area (Å²) in [6.07, 6.45) is 2.98. The largest absolute Gasteiger partial charge is 0.462 e. The van der Waals surface area contributed by atoms with Crippen LogP contribution in [0, 0.1) is 11.8 Å². The van der Waals surface area contributed by atoms with Crippen molar-refractivity contribution in [1.82, 2.24) is 29.7 Å². The first-order valence-corrected chi connectivity index (χ1v) is 12.3. The molecular weight excluding hydrogens is 470 g/mol. The summed E-state index contributed by atoms with van der Waals surface area (Å²) in [5, 5.41) is 40.8. The fraction of sp³-hybridized carbons (Fsp3) is 0.609. The Morgan fingerprint density at radius 2 is 2.14 bits per heavy atom. The molecular formula is C23H29N7O6. The summed E-state index contributed by atoms with van der Waals surface area (Å²) in [6, 6.07) is 0.250. The molecule has 36 heavy (non-hydrogen) atoms. The van der Waals surface area contributed by atoms with Crippen molar-refractivity contribution in [3.8, 4) is 11.5 Å². The smallest absolute Gasteiger partial charge is 0.342 e. The van der Waals surface area contributed by atoms with Gasteiger partial charge in [0.25, 0.3) is 0 Å². The molecule has 3 aliphatic rings. The highest BCUT2D eigenvalue weighted by Crippen LogP contribution is 2.46. The monoisotopic (exact) mass is 499 g/mol. The predicted molar refractivity (Wildman–Crippen MR) is 125 cm³/mol. The van der Waals surface area contributed by atoms with E-state index in [-0.39, 0.29) is 24.0 Å². The lowest BCUT2D eigenvalue weighted by molar-refractivity contribution is -0.0511. The zero-order chi connectivity index (χ0) is 25.0. The summed E-state index contributed by atoms with van der Waals surface area (Å²) in [4.78, 5) is 26.4. The molecule has 2 aliphatic carbocycles. The molecule has 1 saturated heterocycles. The molecule has 0 aromatic carbocycles. The maximum Gasteiger partial charge on any atom is 0.342 e. The molecule has 3 aromatic rings. The van der Waals surface area contributed by atoms with Crippen molar-refractivity contribution in [1.29, 1.82) is 0 Å². The van der Waals surface area contributed by atoms with E-state index < -0.39 is 37.1 Å². The lowest BCUT2D eigenvalue weighted by atomic mass is 9.95. The minimum Gasteiger partial charge on any atom is -0.462 e. The van der Waals surface area contributed by atoms with Crippen LogP contribution in [-0.4, -0.2) is 88.6 Å². The van der Waals surface area contributed by atoms with Crippen LogP contribution < -0.4 is 5.32 Å². The Morgan fingerprint density at radius 1 is 1.28 bits per heavy atom.